The first-order valence-electron chi connectivity index (χ1n) is 14.0. The van der Waals surface area contributed by atoms with Crippen LogP contribution in [0.5, 0.6) is 0 Å². The van der Waals surface area contributed by atoms with Crippen LogP contribution in [-0.2, 0) is 0 Å². The molecule has 3 aromatic heterocycles. The first-order valence-corrected chi connectivity index (χ1v) is 14.0. The lowest BCUT2D eigenvalue weighted by Gasteiger charge is -2.07. The van der Waals surface area contributed by atoms with Crippen molar-refractivity contribution in [2.24, 2.45) is 0 Å². The van der Waals surface area contributed by atoms with Crippen molar-refractivity contribution < 1.29 is 8.83 Å². The fourth-order valence-electron chi connectivity index (χ4n) is 6.12. The third-order valence-electron chi connectivity index (χ3n) is 8.09. The Morgan fingerprint density at radius 2 is 1.17 bits per heavy atom. The fraction of sp³-hybridized carbons (Fsp3) is 0. The molecule has 9 aromatic rings. The first kappa shape index (κ1) is 23.0. The zero-order valence-electron chi connectivity index (χ0n) is 22.4. The molecule has 9 rings (SSSR count). The maximum absolute atomic E-state index is 6.60. The van der Waals surface area contributed by atoms with Crippen LogP contribution in [0.1, 0.15) is 0 Å². The van der Waals surface area contributed by atoms with Crippen molar-refractivity contribution in [1.29, 1.82) is 0 Å². The zero-order chi connectivity index (χ0) is 27.6. The normalized spacial score (nSPS) is 11.8. The average Bonchev–Trinajstić information content (AvgIpc) is 3.63. The van der Waals surface area contributed by atoms with E-state index >= 15 is 0 Å². The van der Waals surface area contributed by atoms with Crippen LogP contribution < -0.4 is 0 Å². The summed E-state index contributed by atoms with van der Waals surface area (Å²) in [6, 6.07) is 45.6. The van der Waals surface area contributed by atoms with Gasteiger partial charge in [-0.05, 0) is 40.6 Å². The Bertz CT molecular complexity index is 2470. The van der Waals surface area contributed by atoms with E-state index in [0.29, 0.717) is 11.4 Å². The second-order valence-corrected chi connectivity index (χ2v) is 10.6. The van der Waals surface area contributed by atoms with E-state index in [1.54, 1.807) is 0 Å². The van der Waals surface area contributed by atoms with Crippen molar-refractivity contribution in [2.75, 3.05) is 0 Å². The Balaban J connectivity index is 1.32. The molecule has 0 aliphatic heterocycles. The number of nitrogens with zero attached hydrogens (tertiary/aromatic N) is 2. The molecule has 0 spiro atoms. The molecular formula is C38H22N2O2. The van der Waals surface area contributed by atoms with Crippen molar-refractivity contribution in [3.05, 3.63) is 133 Å². The van der Waals surface area contributed by atoms with Crippen LogP contribution in [-0.4, -0.2) is 9.97 Å². The quantitative estimate of drug-likeness (QED) is 0.224. The molecule has 0 N–H and O–H groups in total. The molecule has 0 aliphatic carbocycles. The average molecular weight is 539 g/mol. The number of rotatable bonds is 3. The third-order valence-corrected chi connectivity index (χ3v) is 8.09. The van der Waals surface area contributed by atoms with E-state index in [0.717, 1.165) is 66.4 Å². The summed E-state index contributed by atoms with van der Waals surface area (Å²) < 4.78 is 12.9. The smallest absolute Gasteiger partial charge is 0.180 e. The van der Waals surface area contributed by atoms with E-state index in [1.165, 1.54) is 10.8 Å². The van der Waals surface area contributed by atoms with Gasteiger partial charge in [-0.3, -0.25) is 0 Å². The van der Waals surface area contributed by atoms with Crippen LogP contribution >= 0.6 is 0 Å². The summed E-state index contributed by atoms with van der Waals surface area (Å²) in [5, 5.41) is 5.42. The van der Waals surface area contributed by atoms with Crippen LogP contribution in [0, 0.1) is 0 Å². The van der Waals surface area contributed by atoms with Crippen molar-refractivity contribution >= 4 is 54.8 Å². The van der Waals surface area contributed by atoms with E-state index in [2.05, 4.69) is 84.9 Å². The summed E-state index contributed by atoms with van der Waals surface area (Å²) in [7, 11) is 0. The Morgan fingerprint density at radius 1 is 0.452 bits per heavy atom. The molecule has 0 saturated heterocycles. The van der Waals surface area contributed by atoms with Gasteiger partial charge in [0.1, 0.15) is 28.0 Å². The van der Waals surface area contributed by atoms with Gasteiger partial charge in [-0.2, -0.15) is 0 Å². The van der Waals surface area contributed by atoms with Crippen LogP contribution in [0.4, 0.5) is 0 Å². The van der Waals surface area contributed by atoms with Gasteiger partial charge in [-0.15, -0.1) is 0 Å². The summed E-state index contributed by atoms with van der Waals surface area (Å²) in [5.74, 6) is 0.636. The van der Waals surface area contributed by atoms with Gasteiger partial charge in [0, 0.05) is 32.8 Å². The van der Waals surface area contributed by atoms with Crippen molar-refractivity contribution in [2.45, 2.75) is 0 Å². The molecule has 0 atom stereocenters. The van der Waals surface area contributed by atoms with Crippen LogP contribution in [0.3, 0.4) is 0 Å². The summed E-state index contributed by atoms with van der Waals surface area (Å²) in [5.41, 5.74) is 8.79. The summed E-state index contributed by atoms with van der Waals surface area (Å²) in [4.78, 5) is 10.3. The minimum absolute atomic E-state index is 0.636. The molecular weight excluding hydrogens is 516 g/mol. The lowest BCUT2D eigenvalue weighted by Crippen LogP contribution is -1.94. The summed E-state index contributed by atoms with van der Waals surface area (Å²) in [6.07, 6.45) is 0. The largest absolute Gasteiger partial charge is 0.455 e. The molecule has 3 heterocycles. The lowest BCUT2D eigenvalue weighted by atomic mass is 9.98. The van der Waals surface area contributed by atoms with E-state index in [1.807, 2.05) is 48.5 Å². The Labute approximate surface area is 240 Å². The monoisotopic (exact) mass is 538 g/mol. The SMILES string of the molecule is c1ccc(-c2nc(-c3cccc4oc5c(-c6ccc7ccccc7c6)cccc5c34)nc3c2oc2ccccc23)cc1. The molecule has 0 amide bonds. The summed E-state index contributed by atoms with van der Waals surface area (Å²) in [6.45, 7) is 0. The van der Waals surface area contributed by atoms with Gasteiger partial charge in [0.05, 0.1) is 0 Å². The fourth-order valence-corrected chi connectivity index (χ4v) is 6.12. The maximum Gasteiger partial charge on any atom is 0.180 e. The molecule has 0 unspecified atom stereocenters. The second-order valence-electron chi connectivity index (χ2n) is 10.6. The molecule has 42 heavy (non-hydrogen) atoms. The number of aromatic nitrogens is 2. The highest BCUT2D eigenvalue weighted by atomic mass is 16.3. The number of benzene rings is 6. The topological polar surface area (TPSA) is 52.1 Å². The van der Waals surface area contributed by atoms with Crippen LogP contribution in [0.25, 0.3) is 88.6 Å². The number of para-hydroxylation sites is 2. The molecule has 0 aliphatic rings. The van der Waals surface area contributed by atoms with Crippen LogP contribution in [0.15, 0.2) is 142 Å². The van der Waals surface area contributed by atoms with E-state index in [4.69, 9.17) is 18.8 Å². The highest BCUT2D eigenvalue weighted by Crippen LogP contribution is 2.42. The molecule has 0 radical (unpaired) electrons. The molecule has 4 heteroatoms. The summed E-state index contributed by atoms with van der Waals surface area (Å²) >= 11 is 0. The predicted octanol–water partition coefficient (Wildman–Crippen LogP) is 10.4. The molecule has 4 nitrogen and oxygen atoms in total. The second kappa shape index (κ2) is 8.88. The van der Waals surface area contributed by atoms with Gasteiger partial charge in [-0.1, -0.05) is 109 Å². The third kappa shape index (κ3) is 3.42. The predicted molar refractivity (Wildman–Crippen MR) is 170 cm³/mol. The zero-order valence-corrected chi connectivity index (χ0v) is 22.4. The Morgan fingerprint density at radius 3 is 2.10 bits per heavy atom. The molecule has 6 aromatic carbocycles. The van der Waals surface area contributed by atoms with Gasteiger partial charge in [0.15, 0.2) is 11.4 Å². The van der Waals surface area contributed by atoms with Gasteiger partial charge in [0.2, 0.25) is 0 Å². The molecule has 0 bridgehead atoms. The Kier molecular flexibility index (Phi) is 4.87. The maximum atomic E-state index is 6.60. The number of fused-ring (bicyclic) bond motifs is 7. The molecule has 196 valence electrons. The Hall–Kier alpha value is -5.74. The highest BCUT2D eigenvalue weighted by Gasteiger charge is 2.21. The number of furan rings is 2. The van der Waals surface area contributed by atoms with Gasteiger partial charge < -0.3 is 8.83 Å². The molecule has 0 saturated carbocycles. The van der Waals surface area contributed by atoms with Crippen LogP contribution in [0.2, 0.25) is 0 Å². The van der Waals surface area contributed by atoms with Crippen molar-refractivity contribution in [3.63, 3.8) is 0 Å². The van der Waals surface area contributed by atoms with Gasteiger partial charge >= 0.3 is 0 Å². The van der Waals surface area contributed by atoms with Gasteiger partial charge in [0.25, 0.3) is 0 Å². The van der Waals surface area contributed by atoms with E-state index in [9.17, 15) is 0 Å². The van der Waals surface area contributed by atoms with Gasteiger partial charge in [-0.25, -0.2) is 9.97 Å². The van der Waals surface area contributed by atoms with E-state index in [-0.39, 0.29) is 0 Å². The van der Waals surface area contributed by atoms with Crippen molar-refractivity contribution in [3.8, 4) is 33.8 Å². The standard InChI is InChI=1S/C38H22N2O2/c1-2-11-24(12-3-1)34-37-35(28-14-6-7-18-31(28)41-37)40-38(39-34)30-17-9-19-32-33(30)29-16-8-15-27(36(29)42-32)26-21-20-23-10-4-5-13-25(23)22-26/h1-22H. The highest BCUT2D eigenvalue weighted by molar-refractivity contribution is 6.16. The minimum Gasteiger partial charge on any atom is -0.455 e. The number of hydrogen-bond donors (Lipinski definition) is 0. The first-order chi connectivity index (χ1) is 20.8. The van der Waals surface area contributed by atoms with Crippen molar-refractivity contribution in [1.82, 2.24) is 9.97 Å². The lowest BCUT2D eigenvalue weighted by molar-refractivity contribution is 0.667. The minimum atomic E-state index is 0.636. The number of hydrogen-bond acceptors (Lipinski definition) is 4. The molecule has 0 fully saturated rings. The van der Waals surface area contributed by atoms with E-state index < -0.39 is 0 Å².